The van der Waals surface area contributed by atoms with Gasteiger partial charge in [0.25, 0.3) is 0 Å². The predicted octanol–water partition coefficient (Wildman–Crippen LogP) is 1.56. The van der Waals surface area contributed by atoms with Gasteiger partial charge in [-0.15, -0.1) is 0 Å². The highest BCUT2D eigenvalue weighted by Gasteiger charge is 2.14. The van der Waals surface area contributed by atoms with Crippen LogP contribution in [0.4, 0.5) is 0 Å². The molecule has 0 saturated heterocycles. The van der Waals surface area contributed by atoms with Crippen LogP contribution in [0.5, 0.6) is 5.75 Å². The minimum atomic E-state index is -0.679. The van der Waals surface area contributed by atoms with E-state index in [9.17, 15) is 9.90 Å². The second kappa shape index (κ2) is 6.25. The van der Waals surface area contributed by atoms with Crippen LogP contribution in [-0.2, 0) is 4.79 Å². The summed E-state index contributed by atoms with van der Waals surface area (Å²) in [6.45, 7) is 1.95. The highest BCUT2D eigenvalue weighted by Crippen LogP contribution is 2.28. The normalized spacial score (nSPS) is 12.0. The molecule has 1 rings (SSSR count). The van der Waals surface area contributed by atoms with Crippen LogP contribution in [0.2, 0.25) is 0 Å². The topological polar surface area (TPSA) is 58.6 Å². The van der Waals surface area contributed by atoms with Crippen molar-refractivity contribution in [1.82, 2.24) is 5.32 Å². The number of amides is 1. The van der Waals surface area contributed by atoms with Crippen LogP contribution in [0, 0.1) is 6.92 Å². The lowest BCUT2D eigenvalue weighted by molar-refractivity contribution is -0.121. The van der Waals surface area contributed by atoms with Gasteiger partial charge in [0.15, 0.2) is 0 Å². The van der Waals surface area contributed by atoms with Gasteiger partial charge in [-0.25, -0.2) is 0 Å². The van der Waals surface area contributed by atoms with E-state index in [2.05, 4.69) is 5.32 Å². The first kappa shape index (κ1) is 13.5. The number of hydrogen-bond donors (Lipinski definition) is 2. The zero-order valence-corrected chi connectivity index (χ0v) is 10.5. The van der Waals surface area contributed by atoms with Crippen LogP contribution >= 0.6 is 0 Å². The summed E-state index contributed by atoms with van der Waals surface area (Å²) in [4.78, 5) is 11.1. The zero-order valence-electron chi connectivity index (χ0n) is 10.5. The molecule has 0 aromatic heterocycles. The first-order valence-electron chi connectivity index (χ1n) is 5.61. The minimum Gasteiger partial charge on any atom is -0.496 e. The fraction of sp³-hybridized carbons (Fsp3) is 0.462. The van der Waals surface area contributed by atoms with Crippen molar-refractivity contribution >= 4 is 5.91 Å². The lowest BCUT2D eigenvalue weighted by atomic mass is 10.0. The number of aryl methyl sites for hydroxylation is 1. The first-order chi connectivity index (χ1) is 8.08. The van der Waals surface area contributed by atoms with Gasteiger partial charge in [-0.05, 0) is 25.5 Å². The lowest BCUT2D eigenvalue weighted by Crippen LogP contribution is -2.18. The van der Waals surface area contributed by atoms with Gasteiger partial charge in [-0.3, -0.25) is 4.79 Å². The Hall–Kier alpha value is -1.55. The van der Waals surface area contributed by atoms with Gasteiger partial charge < -0.3 is 15.2 Å². The molecule has 0 aliphatic heterocycles. The standard InChI is InChI=1S/C13H19NO3/c1-9-4-6-12(17-3)10(8-9)11(15)5-7-13(16)14-2/h4,6,8,11,15H,5,7H2,1-3H3,(H,14,16). The van der Waals surface area contributed by atoms with Crippen molar-refractivity contribution in [2.24, 2.45) is 0 Å². The van der Waals surface area contributed by atoms with E-state index in [0.717, 1.165) is 11.1 Å². The Balaban J connectivity index is 2.76. The molecule has 0 heterocycles. The van der Waals surface area contributed by atoms with Crippen LogP contribution in [0.3, 0.4) is 0 Å². The summed E-state index contributed by atoms with van der Waals surface area (Å²) in [5.74, 6) is 0.579. The number of hydrogen-bond acceptors (Lipinski definition) is 3. The predicted molar refractivity (Wildman–Crippen MR) is 66.0 cm³/mol. The van der Waals surface area contributed by atoms with E-state index in [1.807, 2.05) is 25.1 Å². The van der Waals surface area contributed by atoms with E-state index in [-0.39, 0.29) is 5.91 Å². The molecule has 0 spiro atoms. The number of carbonyl (C=O) groups excluding carboxylic acids is 1. The van der Waals surface area contributed by atoms with Crippen LogP contribution in [-0.4, -0.2) is 25.2 Å². The minimum absolute atomic E-state index is 0.0735. The highest BCUT2D eigenvalue weighted by atomic mass is 16.5. The number of aliphatic hydroxyl groups excluding tert-OH is 1. The Labute approximate surface area is 102 Å². The molecular weight excluding hydrogens is 218 g/mol. The molecular formula is C13H19NO3. The molecule has 1 aromatic rings. The molecule has 0 radical (unpaired) electrons. The van der Waals surface area contributed by atoms with Crippen molar-refractivity contribution in [3.63, 3.8) is 0 Å². The second-order valence-corrected chi connectivity index (χ2v) is 3.97. The van der Waals surface area contributed by atoms with E-state index in [4.69, 9.17) is 4.74 Å². The summed E-state index contributed by atoms with van der Waals surface area (Å²) in [7, 11) is 3.15. The molecule has 0 aliphatic carbocycles. The van der Waals surface area contributed by atoms with Crippen molar-refractivity contribution in [1.29, 1.82) is 0 Å². The number of ether oxygens (including phenoxy) is 1. The molecule has 0 aliphatic rings. The fourth-order valence-corrected chi connectivity index (χ4v) is 1.66. The van der Waals surface area contributed by atoms with Crippen LogP contribution < -0.4 is 10.1 Å². The Bertz CT molecular complexity index is 390. The van der Waals surface area contributed by atoms with Gasteiger partial charge in [0.2, 0.25) is 5.91 Å². The summed E-state index contributed by atoms with van der Waals surface area (Å²) in [5.41, 5.74) is 1.79. The molecule has 1 amide bonds. The third-order valence-electron chi connectivity index (χ3n) is 2.67. The number of benzene rings is 1. The van der Waals surface area contributed by atoms with Crippen LogP contribution in [0.1, 0.15) is 30.1 Å². The average Bonchev–Trinajstić information content (AvgIpc) is 2.35. The van der Waals surface area contributed by atoms with Crippen molar-refractivity contribution < 1.29 is 14.6 Å². The van der Waals surface area contributed by atoms with Crippen molar-refractivity contribution in [3.8, 4) is 5.75 Å². The van der Waals surface area contributed by atoms with Gasteiger partial charge >= 0.3 is 0 Å². The molecule has 0 fully saturated rings. The van der Waals surface area contributed by atoms with E-state index < -0.39 is 6.10 Å². The molecule has 0 saturated carbocycles. The molecule has 4 nitrogen and oxygen atoms in total. The first-order valence-corrected chi connectivity index (χ1v) is 5.61. The van der Waals surface area contributed by atoms with E-state index >= 15 is 0 Å². The van der Waals surface area contributed by atoms with Gasteiger partial charge in [-0.1, -0.05) is 11.6 Å². The summed E-state index contributed by atoms with van der Waals surface area (Å²) in [6.07, 6.45) is 0.0102. The molecule has 1 atom stereocenters. The third-order valence-corrected chi connectivity index (χ3v) is 2.67. The monoisotopic (exact) mass is 237 g/mol. The molecule has 2 N–H and O–H groups in total. The quantitative estimate of drug-likeness (QED) is 0.817. The third kappa shape index (κ3) is 3.75. The Kier molecular flexibility index (Phi) is 4.97. The maximum atomic E-state index is 11.1. The fourth-order valence-electron chi connectivity index (χ4n) is 1.66. The summed E-state index contributed by atoms with van der Waals surface area (Å²) in [5, 5.41) is 12.6. The molecule has 1 unspecified atom stereocenters. The molecule has 1 aromatic carbocycles. The van der Waals surface area contributed by atoms with E-state index in [0.29, 0.717) is 18.6 Å². The number of nitrogens with one attached hydrogen (secondary N) is 1. The molecule has 0 bridgehead atoms. The Morgan fingerprint density at radius 1 is 1.53 bits per heavy atom. The van der Waals surface area contributed by atoms with E-state index in [1.54, 1.807) is 14.2 Å². The average molecular weight is 237 g/mol. The second-order valence-electron chi connectivity index (χ2n) is 3.97. The largest absolute Gasteiger partial charge is 0.496 e. The summed E-state index contributed by atoms with van der Waals surface area (Å²) in [6, 6.07) is 5.63. The lowest BCUT2D eigenvalue weighted by Gasteiger charge is -2.15. The van der Waals surface area contributed by atoms with Crippen molar-refractivity contribution in [2.45, 2.75) is 25.9 Å². The molecule has 94 valence electrons. The zero-order chi connectivity index (χ0) is 12.8. The summed E-state index contributed by atoms with van der Waals surface area (Å²) < 4.78 is 5.19. The molecule has 4 heteroatoms. The van der Waals surface area contributed by atoms with E-state index in [1.165, 1.54) is 0 Å². The SMILES string of the molecule is CNC(=O)CCC(O)c1cc(C)ccc1OC. The maximum Gasteiger partial charge on any atom is 0.219 e. The smallest absolute Gasteiger partial charge is 0.219 e. The Morgan fingerprint density at radius 3 is 2.82 bits per heavy atom. The van der Waals surface area contributed by atoms with Gasteiger partial charge in [0.1, 0.15) is 5.75 Å². The van der Waals surface area contributed by atoms with Gasteiger partial charge in [-0.2, -0.15) is 0 Å². The maximum absolute atomic E-state index is 11.1. The highest BCUT2D eigenvalue weighted by molar-refractivity contribution is 5.75. The van der Waals surface area contributed by atoms with Crippen LogP contribution in [0.25, 0.3) is 0 Å². The van der Waals surface area contributed by atoms with Crippen molar-refractivity contribution in [2.75, 3.05) is 14.2 Å². The number of carbonyl (C=O) groups is 1. The number of rotatable bonds is 5. The summed E-state index contributed by atoms with van der Waals surface area (Å²) >= 11 is 0. The number of methoxy groups -OCH3 is 1. The molecule has 17 heavy (non-hydrogen) atoms. The van der Waals surface area contributed by atoms with Crippen LogP contribution in [0.15, 0.2) is 18.2 Å². The van der Waals surface area contributed by atoms with Gasteiger partial charge in [0.05, 0.1) is 13.2 Å². The van der Waals surface area contributed by atoms with Crippen molar-refractivity contribution in [3.05, 3.63) is 29.3 Å². The van der Waals surface area contributed by atoms with Gasteiger partial charge in [0, 0.05) is 19.0 Å². The Morgan fingerprint density at radius 2 is 2.24 bits per heavy atom. The number of aliphatic hydroxyl groups is 1.